The summed E-state index contributed by atoms with van der Waals surface area (Å²) in [5.41, 5.74) is 0.927. The molecule has 0 amide bonds. The Labute approximate surface area is 289 Å². The minimum Gasteiger partial charge on any atom is -0.358 e. The molecule has 10 heteroatoms. The third-order valence-electron chi connectivity index (χ3n) is 9.05. The molecule has 2 fully saturated rings. The van der Waals surface area contributed by atoms with Crippen LogP contribution in [-0.4, -0.2) is 39.8 Å². The molecule has 10 nitrogen and oxygen atoms in total. The summed E-state index contributed by atoms with van der Waals surface area (Å²) < 4.78 is 34.2. The van der Waals surface area contributed by atoms with Crippen molar-refractivity contribution in [2.24, 2.45) is 0 Å². The third kappa shape index (κ3) is 6.33. The number of benzene rings is 4. The van der Waals surface area contributed by atoms with E-state index < -0.39 is 47.2 Å². The van der Waals surface area contributed by atoms with Crippen LogP contribution >= 0.6 is 0 Å². The molecule has 2 saturated heterocycles. The average molecular weight is 672 g/mol. The summed E-state index contributed by atoms with van der Waals surface area (Å²) in [5, 5.41) is 9.89. The SMILES string of the molecule is CC1(C)O[C@@H]2[C@@H](COC(c3ccccc3)(c3ccccc3)c3ccccc3)OC(n3cc(C#N)c(=O)n(COCc4ccccc4)c3=O)[C@@H]2O1. The highest BCUT2D eigenvalue weighted by Gasteiger charge is 2.57. The molecule has 0 spiro atoms. The van der Waals surface area contributed by atoms with Gasteiger partial charge in [0.1, 0.15) is 42.3 Å². The standard InChI is InChI=1S/C40H37N3O7/c1-39(2)49-34-33(26-47-40(30-17-9-4-10-18-30,31-19-11-5-12-20-31)32-21-13-6-14-22-32)48-37(35(34)50-39)42-24-29(23-41)36(44)43(38(42)45)27-46-25-28-15-7-3-8-16-28/h3-22,24,33-35,37H,25-27H2,1-2H3/t33-,34-,35-,37?/m1/s1. The first-order valence-corrected chi connectivity index (χ1v) is 16.5. The average Bonchev–Trinajstić information content (AvgIpc) is 3.64. The van der Waals surface area contributed by atoms with Gasteiger partial charge in [-0.05, 0) is 36.1 Å². The molecule has 2 aliphatic heterocycles. The summed E-state index contributed by atoms with van der Waals surface area (Å²) >= 11 is 0. The van der Waals surface area contributed by atoms with Crippen LogP contribution < -0.4 is 11.2 Å². The third-order valence-corrected chi connectivity index (χ3v) is 9.05. The van der Waals surface area contributed by atoms with Crippen LogP contribution in [0, 0.1) is 11.3 Å². The Kier molecular flexibility index (Phi) is 9.33. The maximum atomic E-state index is 13.9. The van der Waals surface area contributed by atoms with Gasteiger partial charge in [-0.15, -0.1) is 0 Å². The molecule has 1 aromatic heterocycles. The molecule has 254 valence electrons. The van der Waals surface area contributed by atoms with Gasteiger partial charge in [0.15, 0.2) is 12.0 Å². The van der Waals surface area contributed by atoms with Gasteiger partial charge in [0.2, 0.25) is 0 Å². The lowest BCUT2D eigenvalue weighted by Crippen LogP contribution is -2.44. The second-order valence-corrected chi connectivity index (χ2v) is 12.8. The first-order valence-electron chi connectivity index (χ1n) is 16.5. The van der Waals surface area contributed by atoms with Crippen LogP contribution in [0.15, 0.2) is 137 Å². The summed E-state index contributed by atoms with van der Waals surface area (Å²) in [6.45, 7) is 3.46. The second-order valence-electron chi connectivity index (χ2n) is 12.8. The zero-order valence-corrected chi connectivity index (χ0v) is 27.8. The molecule has 3 heterocycles. The van der Waals surface area contributed by atoms with Crippen molar-refractivity contribution in [2.75, 3.05) is 6.61 Å². The number of fused-ring (bicyclic) bond motifs is 1. The van der Waals surface area contributed by atoms with Crippen molar-refractivity contribution >= 4 is 0 Å². The number of ether oxygens (including phenoxy) is 5. The lowest BCUT2D eigenvalue weighted by atomic mass is 9.80. The quantitative estimate of drug-likeness (QED) is 0.170. The van der Waals surface area contributed by atoms with Crippen LogP contribution in [0.2, 0.25) is 0 Å². The highest BCUT2D eigenvalue weighted by Crippen LogP contribution is 2.45. The Bertz CT molecular complexity index is 1980. The minimum absolute atomic E-state index is 0.0511. The van der Waals surface area contributed by atoms with Crippen molar-refractivity contribution in [1.82, 2.24) is 9.13 Å². The predicted octanol–water partition coefficient (Wildman–Crippen LogP) is 5.48. The zero-order valence-electron chi connectivity index (χ0n) is 27.8. The van der Waals surface area contributed by atoms with Crippen LogP contribution in [-0.2, 0) is 42.6 Å². The maximum absolute atomic E-state index is 13.9. The number of hydrogen-bond donors (Lipinski definition) is 0. The van der Waals surface area contributed by atoms with Crippen LogP contribution in [0.4, 0.5) is 0 Å². The van der Waals surface area contributed by atoms with Crippen molar-refractivity contribution in [3.8, 4) is 6.07 Å². The Morgan fingerprint density at radius 3 is 1.84 bits per heavy atom. The number of nitrogens with zero attached hydrogens (tertiary/aromatic N) is 3. The van der Waals surface area contributed by atoms with Gasteiger partial charge in [-0.25, -0.2) is 9.36 Å². The molecule has 7 rings (SSSR count). The summed E-state index contributed by atoms with van der Waals surface area (Å²) in [4.78, 5) is 27.1. The molecule has 0 N–H and O–H groups in total. The van der Waals surface area contributed by atoms with Gasteiger partial charge < -0.3 is 23.7 Å². The molecule has 4 aromatic carbocycles. The Balaban J connectivity index is 1.24. The largest absolute Gasteiger partial charge is 0.358 e. The van der Waals surface area contributed by atoms with Gasteiger partial charge in [-0.2, -0.15) is 5.26 Å². The van der Waals surface area contributed by atoms with Gasteiger partial charge in [-0.3, -0.25) is 9.36 Å². The molecule has 50 heavy (non-hydrogen) atoms. The number of rotatable bonds is 11. The molecule has 1 unspecified atom stereocenters. The van der Waals surface area contributed by atoms with Crippen LogP contribution in [0.5, 0.6) is 0 Å². The monoisotopic (exact) mass is 671 g/mol. The lowest BCUT2D eigenvalue weighted by molar-refractivity contribution is -0.206. The Morgan fingerprint density at radius 2 is 1.30 bits per heavy atom. The fourth-order valence-corrected chi connectivity index (χ4v) is 6.82. The summed E-state index contributed by atoms with van der Waals surface area (Å²) in [6.07, 6.45) is -1.90. The van der Waals surface area contributed by atoms with E-state index in [1.54, 1.807) is 13.8 Å². The molecule has 2 aliphatic rings. The van der Waals surface area contributed by atoms with E-state index in [1.165, 1.54) is 10.8 Å². The van der Waals surface area contributed by atoms with E-state index in [9.17, 15) is 14.9 Å². The van der Waals surface area contributed by atoms with Crippen LogP contribution in [0.1, 0.15) is 47.9 Å². The van der Waals surface area contributed by atoms with Gasteiger partial charge in [-0.1, -0.05) is 121 Å². The van der Waals surface area contributed by atoms with Gasteiger partial charge in [0, 0.05) is 6.20 Å². The van der Waals surface area contributed by atoms with Crippen molar-refractivity contribution in [1.29, 1.82) is 5.26 Å². The van der Waals surface area contributed by atoms with Crippen molar-refractivity contribution in [3.63, 3.8) is 0 Å². The molecule has 0 bridgehead atoms. The van der Waals surface area contributed by atoms with E-state index in [2.05, 4.69) is 0 Å². The number of nitriles is 1. The smallest absolute Gasteiger partial charge is 0.335 e. The number of aromatic nitrogens is 2. The van der Waals surface area contributed by atoms with E-state index in [0.29, 0.717) is 0 Å². The van der Waals surface area contributed by atoms with E-state index in [-0.39, 0.29) is 25.5 Å². The molecule has 0 aliphatic carbocycles. The summed E-state index contributed by atoms with van der Waals surface area (Å²) in [6, 6.07) is 41.3. The van der Waals surface area contributed by atoms with Crippen molar-refractivity contribution in [2.45, 2.75) is 63.1 Å². The Hall–Kier alpha value is -5.15. The Morgan fingerprint density at radius 1 is 0.780 bits per heavy atom. The fourth-order valence-electron chi connectivity index (χ4n) is 6.82. The normalized spacial score (nSPS) is 21.1. The molecule has 4 atom stereocenters. The molecule has 0 radical (unpaired) electrons. The van der Waals surface area contributed by atoms with Crippen LogP contribution in [0.25, 0.3) is 0 Å². The molecule has 5 aromatic rings. The topological polar surface area (TPSA) is 114 Å². The second kappa shape index (κ2) is 14.0. The lowest BCUT2D eigenvalue weighted by Gasteiger charge is -2.37. The summed E-state index contributed by atoms with van der Waals surface area (Å²) in [7, 11) is 0. The first-order chi connectivity index (χ1) is 24.3. The molecular formula is C40H37N3O7. The van der Waals surface area contributed by atoms with Gasteiger partial charge in [0.25, 0.3) is 5.56 Å². The molecular weight excluding hydrogens is 634 g/mol. The summed E-state index contributed by atoms with van der Waals surface area (Å²) in [5.74, 6) is -1.00. The van der Waals surface area contributed by atoms with E-state index in [0.717, 1.165) is 26.8 Å². The number of hydrogen-bond acceptors (Lipinski definition) is 8. The van der Waals surface area contributed by atoms with Crippen molar-refractivity contribution in [3.05, 3.63) is 176 Å². The minimum atomic E-state index is -1.03. The van der Waals surface area contributed by atoms with E-state index in [1.807, 2.05) is 127 Å². The van der Waals surface area contributed by atoms with Crippen LogP contribution in [0.3, 0.4) is 0 Å². The van der Waals surface area contributed by atoms with E-state index >= 15 is 0 Å². The first kappa shape index (κ1) is 33.4. The highest BCUT2D eigenvalue weighted by molar-refractivity contribution is 5.47. The van der Waals surface area contributed by atoms with Crippen molar-refractivity contribution < 1.29 is 23.7 Å². The van der Waals surface area contributed by atoms with Gasteiger partial charge in [0.05, 0.1) is 13.2 Å². The highest BCUT2D eigenvalue weighted by atomic mass is 16.8. The van der Waals surface area contributed by atoms with Gasteiger partial charge >= 0.3 is 5.69 Å². The fraction of sp³-hybridized carbons (Fsp3) is 0.275. The van der Waals surface area contributed by atoms with E-state index in [4.69, 9.17) is 23.7 Å². The maximum Gasteiger partial charge on any atom is 0.335 e. The zero-order chi connectivity index (χ0) is 34.7. The predicted molar refractivity (Wildman–Crippen MR) is 184 cm³/mol. The molecule has 0 saturated carbocycles.